The van der Waals surface area contributed by atoms with Gasteiger partial charge in [-0.15, -0.1) is 0 Å². The monoisotopic (exact) mass is 428 g/mol. The highest BCUT2D eigenvalue weighted by molar-refractivity contribution is 9.11. The summed E-state index contributed by atoms with van der Waals surface area (Å²) in [4.78, 5) is 0. The molecule has 0 radical (unpaired) electrons. The standard InChI is InChI=1S/C13H7Br3N2/c14-9-2-4-11(15)13(5-9)18-10-3-1-8(7-17)12(16)6-10/h1-6,18H. The molecule has 0 aliphatic carbocycles. The molecule has 2 aromatic carbocycles. The zero-order valence-electron chi connectivity index (χ0n) is 9.05. The molecule has 0 aliphatic heterocycles. The number of nitriles is 1. The summed E-state index contributed by atoms with van der Waals surface area (Å²) in [7, 11) is 0. The van der Waals surface area contributed by atoms with Crippen LogP contribution in [-0.4, -0.2) is 0 Å². The first-order chi connectivity index (χ1) is 8.60. The fourth-order valence-electron chi connectivity index (χ4n) is 1.43. The van der Waals surface area contributed by atoms with Gasteiger partial charge in [0.25, 0.3) is 0 Å². The van der Waals surface area contributed by atoms with E-state index in [-0.39, 0.29) is 0 Å². The Morgan fingerprint density at radius 2 is 1.72 bits per heavy atom. The maximum Gasteiger partial charge on any atom is 0.100 e. The van der Waals surface area contributed by atoms with Crippen molar-refractivity contribution >= 4 is 59.2 Å². The summed E-state index contributed by atoms with van der Waals surface area (Å²) in [6.45, 7) is 0. The van der Waals surface area contributed by atoms with Crippen molar-refractivity contribution in [2.24, 2.45) is 0 Å². The highest BCUT2D eigenvalue weighted by atomic mass is 79.9. The smallest absolute Gasteiger partial charge is 0.100 e. The molecule has 0 unspecified atom stereocenters. The molecule has 0 atom stereocenters. The number of nitrogens with zero attached hydrogens (tertiary/aromatic N) is 1. The maximum atomic E-state index is 8.87. The van der Waals surface area contributed by atoms with Crippen LogP contribution in [0.2, 0.25) is 0 Å². The summed E-state index contributed by atoms with van der Waals surface area (Å²) in [6.07, 6.45) is 0. The van der Waals surface area contributed by atoms with Gasteiger partial charge in [0.05, 0.1) is 11.3 Å². The summed E-state index contributed by atoms with van der Waals surface area (Å²) in [5, 5.41) is 12.2. The van der Waals surface area contributed by atoms with Crippen LogP contribution in [-0.2, 0) is 0 Å². The lowest BCUT2D eigenvalue weighted by atomic mass is 10.2. The summed E-state index contributed by atoms with van der Waals surface area (Å²) in [5.74, 6) is 0. The van der Waals surface area contributed by atoms with Gasteiger partial charge in [0, 0.05) is 19.1 Å². The Labute approximate surface area is 130 Å². The molecule has 5 heteroatoms. The van der Waals surface area contributed by atoms with Crippen molar-refractivity contribution in [3.05, 3.63) is 55.4 Å². The van der Waals surface area contributed by atoms with E-state index >= 15 is 0 Å². The number of hydrogen-bond donors (Lipinski definition) is 1. The zero-order chi connectivity index (χ0) is 13.1. The molecule has 0 fully saturated rings. The van der Waals surface area contributed by atoms with Crippen molar-refractivity contribution in [1.29, 1.82) is 5.26 Å². The van der Waals surface area contributed by atoms with E-state index in [4.69, 9.17) is 5.26 Å². The molecule has 18 heavy (non-hydrogen) atoms. The van der Waals surface area contributed by atoms with E-state index < -0.39 is 0 Å². The minimum atomic E-state index is 0.619. The van der Waals surface area contributed by atoms with E-state index in [0.717, 1.165) is 24.8 Å². The van der Waals surface area contributed by atoms with Gasteiger partial charge in [-0.05, 0) is 68.3 Å². The van der Waals surface area contributed by atoms with Gasteiger partial charge in [-0.2, -0.15) is 5.26 Å². The summed E-state index contributed by atoms with van der Waals surface area (Å²) in [5.41, 5.74) is 2.49. The summed E-state index contributed by atoms with van der Waals surface area (Å²) >= 11 is 10.3. The number of hydrogen-bond acceptors (Lipinski definition) is 2. The number of nitrogens with one attached hydrogen (secondary N) is 1. The maximum absolute atomic E-state index is 8.87. The molecule has 1 N–H and O–H groups in total. The fourth-order valence-corrected chi connectivity index (χ4v) is 2.61. The lowest BCUT2D eigenvalue weighted by Gasteiger charge is -2.10. The first-order valence-corrected chi connectivity index (χ1v) is 7.40. The van der Waals surface area contributed by atoms with Gasteiger partial charge in [0.2, 0.25) is 0 Å². The molecule has 2 rings (SSSR count). The first-order valence-electron chi connectivity index (χ1n) is 5.02. The second kappa shape index (κ2) is 5.87. The number of halogens is 3. The van der Waals surface area contributed by atoms with Crippen LogP contribution in [0.25, 0.3) is 0 Å². The molecule has 2 aromatic rings. The average Bonchev–Trinajstić information content (AvgIpc) is 2.34. The van der Waals surface area contributed by atoms with Gasteiger partial charge >= 0.3 is 0 Å². The van der Waals surface area contributed by atoms with Gasteiger partial charge in [0.1, 0.15) is 6.07 Å². The van der Waals surface area contributed by atoms with Crippen molar-refractivity contribution in [3.63, 3.8) is 0 Å². The van der Waals surface area contributed by atoms with Crippen molar-refractivity contribution in [3.8, 4) is 6.07 Å². The Kier molecular flexibility index (Phi) is 4.44. The van der Waals surface area contributed by atoms with E-state index in [0.29, 0.717) is 5.56 Å². The minimum Gasteiger partial charge on any atom is -0.355 e. The van der Waals surface area contributed by atoms with Crippen LogP contribution in [0.15, 0.2) is 49.8 Å². The van der Waals surface area contributed by atoms with E-state index in [1.807, 2.05) is 30.3 Å². The number of benzene rings is 2. The highest BCUT2D eigenvalue weighted by Crippen LogP contribution is 2.30. The number of rotatable bonds is 2. The quantitative estimate of drug-likeness (QED) is 0.674. The Morgan fingerprint density at radius 1 is 0.944 bits per heavy atom. The molecule has 2 nitrogen and oxygen atoms in total. The molecule has 0 saturated carbocycles. The third-order valence-electron chi connectivity index (χ3n) is 2.30. The van der Waals surface area contributed by atoms with Crippen LogP contribution in [0.5, 0.6) is 0 Å². The molecular weight excluding hydrogens is 424 g/mol. The largest absolute Gasteiger partial charge is 0.355 e. The van der Waals surface area contributed by atoms with Crippen LogP contribution >= 0.6 is 47.8 Å². The first kappa shape index (κ1) is 13.6. The summed E-state index contributed by atoms with van der Waals surface area (Å²) in [6, 6.07) is 13.6. The topological polar surface area (TPSA) is 35.8 Å². The van der Waals surface area contributed by atoms with Gasteiger partial charge in [-0.3, -0.25) is 0 Å². The predicted octanol–water partition coefficient (Wildman–Crippen LogP) is 5.59. The summed E-state index contributed by atoms with van der Waals surface area (Å²) < 4.78 is 2.76. The second-order valence-electron chi connectivity index (χ2n) is 3.56. The van der Waals surface area contributed by atoms with Crippen molar-refractivity contribution in [1.82, 2.24) is 0 Å². The van der Waals surface area contributed by atoms with Crippen LogP contribution in [0.3, 0.4) is 0 Å². The highest BCUT2D eigenvalue weighted by Gasteiger charge is 2.04. The normalized spacial score (nSPS) is 9.89. The van der Waals surface area contributed by atoms with E-state index in [2.05, 4.69) is 59.2 Å². The number of anilines is 2. The van der Waals surface area contributed by atoms with Gasteiger partial charge < -0.3 is 5.32 Å². The Balaban J connectivity index is 2.32. The van der Waals surface area contributed by atoms with Crippen LogP contribution in [0, 0.1) is 11.3 Å². The predicted molar refractivity (Wildman–Crippen MR) is 84.0 cm³/mol. The lowest BCUT2D eigenvalue weighted by molar-refractivity contribution is 1.45. The van der Waals surface area contributed by atoms with Crippen LogP contribution in [0.1, 0.15) is 5.56 Å². The Hall–Kier alpha value is -0.830. The van der Waals surface area contributed by atoms with E-state index in [1.165, 1.54) is 0 Å². The molecule has 0 heterocycles. The molecule has 0 spiro atoms. The van der Waals surface area contributed by atoms with Gasteiger partial charge in [-0.25, -0.2) is 0 Å². The van der Waals surface area contributed by atoms with E-state index in [1.54, 1.807) is 6.07 Å². The molecular formula is C13H7Br3N2. The van der Waals surface area contributed by atoms with Gasteiger partial charge in [0.15, 0.2) is 0 Å². The third kappa shape index (κ3) is 3.14. The Morgan fingerprint density at radius 3 is 2.39 bits per heavy atom. The SMILES string of the molecule is N#Cc1ccc(Nc2cc(Br)ccc2Br)cc1Br. The van der Waals surface area contributed by atoms with Crippen molar-refractivity contribution < 1.29 is 0 Å². The average molecular weight is 431 g/mol. The molecule has 0 aliphatic rings. The molecule has 90 valence electrons. The van der Waals surface area contributed by atoms with Crippen LogP contribution < -0.4 is 5.32 Å². The Bertz CT molecular complexity index is 633. The van der Waals surface area contributed by atoms with Gasteiger partial charge in [-0.1, -0.05) is 15.9 Å². The molecule has 0 amide bonds. The van der Waals surface area contributed by atoms with Crippen molar-refractivity contribution in [2.45, 2.75) is 0 Å². The van der Waals surface area contributed by atoms with E-state index in [9.17, 15) is 0 Å². The fraction of sp³-hybridized carbons (Fsp3) is 0. The molecule has 0 aromatic heterocycles. The minimum absolute atomic E-state index is 0.619. The van der Waals surface area contributed by atoms with Crippen molar-refractivity contribution in [2.75, 3.05) is 5.32 Å². The second-order valence-corrected chi connectivity index (χ2v) is 6.18. The van der Waals surface area contributed by atoms with Crippen LogP contribution in [0.4, 0.5) is 11.4 Å². The zero-order valence-corrected chi connectivity index (χ0v) is 13.8. The third-order valence-corrected chi connectivity index (χ3v) is 4.14. The molecule has 0 bridgehead atoms. The molecule has 0 saturated heterocycles. The lowest BCUT2D eigenvalue weighted by Crippen LogP contribution is -1.92.